The average molecular weight is 302 g/mol. The summed E-state index contributed by atoms with van der Waals surface area (Å²) in [6.07, 6.45) is 3.86. The maximum absolute atomic E-state index is 12.9. The van der Waals surface area contributed by atoms with E-state index in [-0.39, 0.29) is 5.91 Å². The van der Waals surface area contributed by atoms with Gasteiger partial charge in [-0.05, 0) is 32.9 Å². The number of sulfone groups is 1. The Hall–Kier alpha value is -0.620. The molecule has 1 saturated heterocycles. The van der Waals surface area contributed by atoms with Crippen LogP contribution in [0, 0.1) is 5.92 Å². The van der Waals surface area contributed by atoms with Crippen molar-refractivity contribution in [3.63, 3.8) is 0 Å². The number of likely N-dealkylation sites (N-methyl/N-ethyl adjacent to an activating group) is 1. The first-order valence-corrected chi connectivity index (χ1v) is 9.23. The Morgan fingerprint density at radius 3 is 2.15 bits per heavy atom. The molecular weight excluding hydrogens is 276 g/mol. The maximum Gasteiger partial charge on any atom is 0.244 e. The van der Waals surface area contributed by atoms with Gasteiger partial charge in [0.25, 0.3) is 0 Å². The highest BCUT2D eigenvalue weighted by atomic mass is 32.2. The molecule has 2 atom stereocenters. The highest BCUT2D eigenvalue weighted by Crippen LogP contribution is 2.39. The van der Waals surface area contributed by atoms with Crippen molar-refractivity contribution in [3.05, 3.63) is 0 Å². The van der Waals surface area contributed by atoms with Gasteiger partial charge in [0.1, 0.15) is 0 Å². The lowest BCUT2D eigenvalue weighted by Gasteiger charge is -2.31. The van der Waals surface area contributed by atoms with Crippen molar-refractivity contribution < 1.29 is 13.2 Å². The van der Waals surface area contributed by atoms with Crippen LogP contribution in [-0.4, -0.2) is 68.4 Å². The monoisotopic (exact) mass is 302 g/mol. The van der Waals surface area contributed by atoms with Crippen LogP contribution in [0.5, 0.6) is 0 Å². The molecule has 0 bridgehead atoms. The SMILES string of the molecule is C[C@H]1CN(C(=O)C2(S(C)(=O)=O)CCCC2)C[C@@H]1N(C)C. The first-order chi connectivity index (χ1) is 9.19. The molecule has 1 heterocycles. The molecule has 1 saturated carbocycles. The van der Waals surface area contributed by atoms with Crippen LogP contribution in [0.3, 0.4) is 0 Å². The third-order valence-electron chi connectivity index (χ3n) is 5.03. The lowest BCUT2D eigenvalue weighted by molar-refractivity contribution is -0.133. The van der Waals surface area contributed by atoms with E-state index in [1.54, 1.807) is 4.90 Å². The van der Waals surface area contributed by atoms with Crippen molar-refractivity contribution in [2.24, 2.45) is 5.92 Å². The molecule has 0 aromatic carbocycles. The van der Waals surface area contributed by atoms with Gasteiger partial charge in [0.15, 0.2) is 14.6 Å². The molecular formula is C14H26N2O3S. The Balaban J connectivity index is 2.23. The summed E-state index contributed by atoms with van der Waals surface area (Å²) in [5, 5.41) is 0. The molecule has 6 heteroatoms. The third-order valence-corrected chi connectivity index (χ3v) is 7.04. The summed E-state index contributed by atoms with van der Waals surface area (Å²) in [6, 6.07) is 0.317. The van der Waals surface area contributed by atoms with Gasteiger partial charge in [-0.1, -0.05) is 19.8 Å². The fraction of sp³-hybridized carbons (Fsp3) is 0.929. The standard InChI is InChI=1S/C14H26N2O3S/c1-11-9-16(10-12(11)15(2)3)13(17)14(20(4,18)19)7-5-6-8-14/h11-12H,5-10H2,1-4H3/t11-,12-/m0/s1. The molecule has 1 aliphatic carbocycles. The van der Waals surface area contributed by atoms with Gasteiger partial charge in [0.2, 0.25) is 5.91 Å². The van der Waals surface area contributed by atoms with Crippen molar-refractivity contribution in [3.8, 4) is 0 Å². The van der Waals surface area contributed by atoms with E-state index < -0.39 is 14.6 Å². The van der Waals surface area contributed by atoms with Gasteiger partial charge in [-0.15, -0.1) is 0 Å². The Morgan fingerprint density at radius 1 is 1.20 bits per heavy atom. The normalized spacial score (nSPS) is 30.1. The highest BCUT2D eigenvalue weighted by Gasteiger charge is 2.53. The zero-order chi connectivity index (χ0) is 15.1. The second kappa shape index (κ2) is 5.30. The molecule has 1 aliphatic heterocycles. The Bertz CT molecular complexity index is 481. The van der Waals surface area contributed by atoms with Gasteiger partial charge >= 0.3 is 0 Å². The molecule has 2 rings (SSSR count). The number of carbonyl (C=O) groups is 1. The van der Waals surface area contributed by atoms with E-state index in [0.717, 1.165) is 12.8 Å². The van der Waals surface area contributed by atoms with E-state index in [1.165, 1.54) is 6.26 Å². The molecule has 0 unspecified atom stereocenters. The maximum atomic E-state index is 12.9. The minimum Gasteiger partial charge on any atom is -0.339 e. The van der Waals surface area contributed by atoms with Crippen LogP contribution in [0.1, 0.15) is 32.6 Å². The third kappa shape index (κ3) is 2.48. The summed E-state index contributed by atoms with van der Waals surface area (Å²) in [6.45, 7) is 3.43. The van der Waals surface area contributed by atoms with Crippen molar-refractivity contribution >= 4 is 15.7 Å². The van der Waals surface area contributed by atoms with Crippen molar-refractivity contribution in [1.82, 2.24) is 9.80 Å². The average Bonchev–Trinajstić information content (AvgIpc) is 2.93. The molecule has 0 N–H and O–H groups in total. The minimum atomic E-state index is -3.36. The molecule has 20 heavy (non-hydrogen) atoms. The van der Waals surface area contributed by atoms with E-state index in [9.17, 15) is 13.2 Å². The number of hydrogen-bond acceptors (Lipinski definition) is 4. The molecule has 116 valence electrons. The van der Waals surface area contributed by atoms with Crippen LogP contribution >= 0.6 is 0 Å². The molecule has 2 fully saturated rings. The summed E-state index contributed by atoms with van der Waals surface area (Å²) < 4.78 is 23.2. The predicted molar refractivity (Wildman–Crippen MR) is 79.3 cm³/mol. The minimum absolute atomic E-state index is 0.159. The number of amides is 1. The van der Waals surface area contributed by atoms with Crippen LogP contribution < -0.4 is 0 Å². The topological polar surface area (TPSA) is 57.7 Å². The van der Waals surface area contributed by atoms with E-state index >= 15 is 0 Å². The van der Waals surface area contributed by atoms with Gasteiger partial charge in [0.05, 0.1) is 0 Å². The fourth-order valence-electron chi connectivity index (χ4n) is 3.77. The summed E-state index contributed by atoms with van der Waals surface area (Å²) in [7, 11) is 0.661. The molecule has 5 nitrogen and oxygen atoms in total. The molecule has 0 aromatic rings. The van der Waals surface area contributed by atoms with Crippen LogP contribution in [0.25, 0.3) is 0 Å². The van der Waals surface area contributed by atoms with Crippen LogP contribution in [0.2, 0.25) is 0 Å². The smallest absolute Gasteiger partial charge is 0.244 e. The van der Waals surface area contributed by atoms with E-state index in [1.807, 2.05) is 14.1 Å². The second-order valence-electron chi connectivity index (χ2n) is 6.69. The van der Waals surface area contributed by atoms with Gasteiger partial charge < -0.3 is 9.80 Å². The molecule has 0 spiro atoms. The molecule has 1 amide bonds. The zero-order valence-corrected chi connectivity index (χ0v) is 13.7. The summed E-state index contributed by atoms with van der Waals surface area (Å²) in [5.41, 5.74) is 0. The van der Waals surface area contributed by atoms with Crippen LogP contribution in [-0.2, 0) is 14.6 Å². The summed E-state index contributed by atoms with van der Waals surface area (Å²) in [4.78, 5) is 16.8. The first kappa shape index (κ1) is 15.8. The van der Waals surface area contributed by atoms with Crippen molar-refractivity contribution in [2.45, 2.75) is 43.4 Å². The van der Waals surface area contributed by atoms with Crippen LogP contribution in [0.15, 0.2) is 0 Å². The number of nitrogens with zero attached hydrogens (tertiary/aromatic N) is 2. The number of likely N-dealkylation sites (tertiary alicyclic amines) is 1. The number of hydrogen-bond donors (Lipinski definition) is 0. The Morgan fingerprint density at radius 2 is 1.75 bits per heavy atom. The summed E-state index contributed by atoms with van der Waals surface area (Å²) >= 11 is 0. The zero-order valence-electron chi connectivity index (χ0n) is 12.9. The molecule has 2 aliphatic rings. The van der Waals surface area contributed by atoms with E-state index in [4.69, 9.17) is 0 Å². The predicted octanol–water partition coefficient (Wildman–Crippen LogP) is 0.752. The summed E-state index contributed by atoms with van der Waals surface area (Å²) in [5.74, 6) is 0.223. The van der Waals surface area contributed by atoms with E-state index in [0.29, 0.717) is 37.9 Å². The van der Waals surface area contributed by atoms with Crippen LogP contribution in [0.4, 0.5) is 0 Å². The molecule has 0 aromatic heterocycles. The van der Waals surface area contributed by atoms with Gasteiger partial charge in [-0.3, -0.25) is 4.79 Å². The first-order valence-electron chi connectivity index (χ1n) is 7.34. The lowest BCUT2D eigenvalue weighted by atomic mass is 10.1. The van der Waals surface area contributed by atoms with E-state index in [2.05, 4.69) is 11.8 Å². The quantitative estimate of drug-likeness (QED) is 0.772. The number of carbonyl (C=O) groups excluding carboxylic acids is 1. The van der Waals surface area contributed by atoms with Gasteiger partial charge in [-0.2, -0.15) is 0 Å². The largest absolute Gasteiger partial charge is 0.339 e. The Kier molecular flexibility index (Phi) is 4.17. The molecule has 0 radical (unpaired) electrons. The second-order valence-corrected chi connectivity index (χ2v) is 9.02. The van der Waals surface area contributed by atoms with Crippen molar-refractivity contribution in [2.75, 3.05) is 33.4 Å². The van der Waals surface area contributed by atoms with Gasteiger partial charge in [-0.25, -0.2) is 8.42 Å². The highest BCUT2D eigenvalue weighted by molar-refractivity contribution is 7.92. The lowest BCUT2D eigenvalue weighted by Crippen LogP contribution is -2.51. The van der Waals surface area contributed by atoms with Crippen molar-refractivity contribution in [1.29, 1.82) is 0 Å². The van der Waals surface area contributed by atoms with Gasteiger partial charge in [0, 0.05) is 25.4 Å². The fourth-order valence-corrected chi connectivity index (χ4v) is 5.24. The number of rotatable bonds is 3. The Labute approximate surface area is 122 Å².